The van der Waals surface area contributed by atoms with Crippen molar-refractivity contribution in [3.8, 4) is 0 Å². The van der Waals surface area contributed by atoms with Gasteiger partial charge in [0.15, 0.2) is 5.78 Å². The van der Waals surface area contributed by atoms with Crippen molar-refractivity contribution in [2.45, 2.75) is 20.8 Å². The summed E-state index contributed by atoms with van der Waals surface area (Å²) in [5.41, 5.74) is 2.50. The van der Waals surface area contributed by atoms with Gasteiger partial charge in [-0.1, -0.05) is 19.9 Å². The number of hydrogen-bond acceptors (Lipinski definition) is 2. The molecule has 0 radical (unpaired) electrons. The largest absolute Gasteiger partial charge is 0.306 e. The fraction of sp³-hybridized carbons (Fsp3) is 0.333. The molecule has 2 rings (SSSR count). The van der Waals surface area contributed by atoms with Crippen LogP contribution in [-0.2, 0) is 0 Å². The average molecular weight is 202 g/mol. The first kappa shape index (κ1) is 9.90. The van der Waals surface area contributed by atoms with E-state index >= 15 is 0 Å². The number of hydrogen-bond donors (Lipinski definition) is 0. The lowest BCUT2D eigenvalue weighted by Crippen LogP contribution is -2.07. The summed E-state index contributed by atoms with van der Waals surface area (Å²) in [6.45, 7) is 5.77. The van der Waals surface area contributed by atoms with Crippen LogP contribution in [0.1, 0.15) is 29.9 Å². The number of nitrogens with zero attached hydrogens (tertiary/aromatic N) is 2. The zero-order chi connectivity index (χ0) is 11.0. The smallest absolute Gasteiger partial charge is 0.185 e. The van der Waals surface area contributed by atoms with Gasteiger partial charge in [-0.25, -0.2) is 4.98 Å². The van der Waals surface area contributed by atoms with E-state index < -0.39 is 0 Å². The Morgan fingerprint density at radius 2 is 2.20 bits per heavy atom. The Balaban J connectivity index is 2.57. The van der Waals surface area contributed by atoms with Crippen LogP contribution < -0.4 is 0 Å². The van der Waals surface area contributed by atoms with Crippen molar-refractivity contribution in [3.63, 3.8) is 0 Å². The summed E-state index contributed by atoms with van der Waals surface area (Å²) in [5, 5.41) is 0. The van der Waals surface area contributed by atoms with E-state index in [0.717, 1.165) is 11.2 Å². The van der Waals surface area contributed by atoms with Crippen LogP contribution in [0.5, 0.6) is 0 Å². The Bertz CT molecular complexity index is 511. The molecule has 2 aromatic rings. The average Bonchev–Trinajstić information content (AvgIpc) is 2.61. The fourth-order valence-electron chi connectivity index (χ4n) is 1.57. The van der Waals surface area contributed by atoms with Crippen molar-refractivity contribution in [3.05, 3.63) is 35.8 Å². The van der Waals surface area contributed by atoms with E-state index in [1.54, 1.807) is 6.20 Å². The van der Waals surface area contributed by atoms with E-state index in [0.29, 0.717) is 5.69 Å². The van der Waals surface area contributed by atoms with Crippen LogP contribution in [0.3, 0.4) is 0 Å². The molecule has 0 bridgehead atoms. The lowest BCUT2D eigenvalue weighted by Gasteiger charge is -1.97. The fourth-order valence-corrected chi connectivity index (χ4v) is 1.57. The first-order valence-electron chi connectivity index (χ1n) is 5.08. The molecular formula is C12H14N2O. The van der Waals surface area contributed by atoms with Crippen LogP contribution in [-0.4, -0.2) is 15.2 Å². The molecule has 78 valence electrons. The predicted molar refractivity (Wildman–Crippen MR) is 59.1 cm³/mol. The van der Waals surface area contributed by atoms with Crippen LogP contribution in [0.2, 0.25) is 0 Å². The Kier molecular flexibility index (Phi) is 2.31. The van der Waals surface area contributed by atoms with Crippen LogP contribution in [0.4, 0.5) is 0 Å². The monoisotopic (exact) mass is 202 g/mol. The highest BCUT2D eigenvalue weighted by atomic mass is 16.1. The number of rotatable bonds is 2. The first-order valence-corrected chi connectivity index (χ1v) is 5.08. The third-order valence-corrected chi connectivity index (χ3v) is 2.45. The summed E-state index contributed by atoms with van der Waals surface area (Å²) in [4.78, 5) is 16.1. The van der Waals surface area contributed by atoms with Gasteiger partial charge in [0.05, 0.1) is 0 Å². The van der Waals surface area contributed by atoms with Crippen molar-refractivity contribution < 1.29 is 4.79 Å². The highest BCUT2D eigenvalue weighted by Crippen LogP contribution is 2.12. The Morgan fingerprint density at radius 3 is 2.80 bits per heavy atom. The van der Waals surface area contributed by atoms with Gasteiger partial charge in [0.2, 0.25) is 0 Å². The zero-order valence-electron chi connectivity index (χ0n) is 9.19. The molecule has 3 heteroatoms. The molecule has 0 amide bonds. The lowest BCUT2D eigenvalue weighted by molar-refractivity contribution is 0.0935. The minimum Gasteiger partial charge on any atom is -0.306 e. The predicted octanol–water partition coefficient (Wildman–Crippen LogP) is 2.48. The van der Waals surface area contributed by atoms with E-state index in [4.69, 9.17) is 0 Å². The number of fused-ring (bicyclic) bond motifs is 1. The van der Waals surface area contributed by atoms with E-state index in [1.807, 2.05) is 43.5 Å². The number of Topliss-reactive ketones (excluding diaryl/α,β-unsaturated/α-hetero) is 1. The van der Waals surface area contributed by atoms with Gasteiger partial charge in [-0.15, -0.1) is 0 Å². The number of aryl methyl sites for hydroxylation is 1. The Morgan fingerprint density at radius 1 is 1.47 bits per heavy atom. The summed E-state index contributed by atoms with van der Waals surface area (Å²) in [5.74, 6) is 0.0910. The molecule has 2 heterocycles. The molecule has 0 atom stereocenters. The number of carbonyl (C=O) groups is 1. The van der Waals surface area contributed by atoms with Crippen molar-refractivity contribution in [2.24, 2.45) is 5.92 Å². The van der Waals surface area contributed by atoms with E-state index in [-0.39, 0.29) is 11.7 Å². The third-order valence-electron chi connectivity index (χ3n) is 2.45. The lowest BCUT2D eigenvalue weighted by atomic mass is 10.1. The second-order valence-corrected chi connectivity index (χ2v) is 4.07. The first-order chi connectivity index (χ1) is 7.09. The standard InChI is InChI=1S/C12H14N2O/c1-8(2)11(15)10-7-14-6-4-5-9(3)12(14)13-10/h4-8H,1-3H3. The van der Waals surface area contributed by atoms with Crippen LogP contribution in [0.25, 0.3) is 5.65 Å². The van der Waals surface area contributed by atoms with Gasteiger partial charge in [0.1, 0.15) is 11.3 Å². The zero-order valence-corrected chi connectivity index (χ0v) is 9.19. The second-order valence-electron chi connectivity index (χ2n) is 4.07. The Hall–Kier alpha value is -1.64. The molecule has 0 saturated heterocycles. The normalized spacial score (nSPS) is 11.2. The van der Waals surface area contributed by atoms with Crippen LogP contribution in [0.15, 0.2) is 24.5 Å². The molecule has 3 nitrogen and oxygen atoms in total. The van der Waals surface area contributed by atoms with Gasteiger partial charge in [-0.3, -0.25) is 4.79 Å². The maximum absolute atomic E-state index is 11.7. The molecule has 0 fully saturated rings. The van der Waals surface area contributed by atoms with E-state index in [9.17, 15) is 4.79 Å². The summed E-state index contributed by atoms with van der Waals surface area (Å²) in [6, 6.07) is 3.94. The number of carbonyl (C=O) groups excluding carboxylic acids is 1. The number of aromatic nitrogens is 2. The molecule has 0 aliphatic heterocycles. The topological polar surface area (TPSA) is 34.4 Å². The molecule has 15 heavy (non-hydrogen) atoms. The molecular weight excluding hydrogens is 188 g/mol. The molecule has 0 spiro atoms. The van der Waals surface area contributed by atoms with Gasteiger partial charge < -0.3 is 4.40 Å². The van der Waals surface area contributed by atoms with Crippen LogP contribution in [0, 0.1) is 12.8 Å². The maximum atomic E-state index is 11.7. The summed E-state index contributed by atoms with van der Waals surface area (Å²) in [7, 11) is 0. The number of pyridine rings is 1. The van der Waals surface area contributed by atoms with Gasteiger partial charge >= 0.3 is 0 Å². The minimum absolute atomic E-state index is 0.00443. The van der Waals surface area contributed by atoms with E-state index in [2.05, 4.69) is 4.98 Å². The summed E-state index contributed by atoms with van der Waals surface area (Å²) >= 11 is 0. The van der Waals surface area contributed by atoms with Crippen molar-refractivity contribution in [1.29, 1.82) is 0 Å². The highest BCUT2D eigenvalue weighted by molar-refractivity contribution is 5.96. The molecule has 2 aromatic heterocycles. The van der Waals surface area contributed by atoms with Crippen molar-refractivity contribution in [1.82, 2.24) is 9.38 Å². The number of imidazole rings is 1. The molecule has 0 N–H and O–H groups in total. The van der Waals surface area contributed by atoms with Gasteiger partial charge in [-0.05, 0) is 18.6 Å². The minimum atomic E-state index is -0.00443. The van der Waals surface area contributed by atoms with Gasteiger partial charge in [0.25, 0.3) is 0 Å². The molecule has 0 aromatic carbocycles. The van der Waals surface area contributed by atoms with Crippen molar-refractivity contribution in [2.75, 3.05) is 0 Å². The highest BCUT2D eigenvalue weighted by Gasteiger charge is 2.14. The third kappa shape index (κ3) is 1.65. The summed E-state index contributed by atoms with van der Waals surface area (Å²) in [6.07, 6.45) is 3.71. The molecule has 0 aliphatic rings. The SMILES string of the molecule is Cc1cccn2cc(C(=O)C(C)C)nc12. The van der Waals surface area contributed by atoms with Crippen LogP contribution >= 0.6 is 0 Å². The molecule has 0 saturated carbocycles. The maximum Gasteiger partial charge on any atom is 0.185 e. The molecule has 0 unspecified atom stereocenters. The van der Waals surface area contributed by atoms with Gasteiger partial charge in [0, 0.05) is 18.3 Å². The van der Waals surface area contributed by atoms with Crippen molar-refractivity contribution >= 4 is 11.4 Å². The van der Waals surface area contributed by atoms with E-state index in [1.165, 1.54) is 0 Å². The quantitative estimate of drug-likeness (QED) is 0.701. The Labute approximate surface area is 88.8 Å². The summed E-state index contributed by atoms with van der Waals surface area (Å²) < 4.78 is 1.89. The molecule has 0 aliphatic carbocycles. The second kappa shape index (κ2) is 3.50. The number of ketones is 1. The van der Waals surface area contributed by atoms with Gasteiger partial charge in [-0.2, -0.15) is 0 Å².